The van der Waals surface area contributed by atoms with Crippen molar-refractivity contribution in [2.45, 2.75) is 32.1 Å². The Morgan fingerprint density at radius 2 is 2.14 bits per heavy atom. The number of hydrogen-bond donors (Lipinski definition) is 1. The van der Waals surface area contributed by atoms with E-state index in [9.17, 15) is 13.2 Å². The Balaban J connectivity index is 1.69. The van der Waals surface area contributed by atoms with Crippen LogP contribution in [0.15, 0.2) is 4.52 Å². The Kier molecular flexibility index (Phi) is 3.99. The van der Waals surface area contributed by atoms with Crippen LogP contribution in [-0.2, 0) is 27.6 Å². The zero-order valence-electron chi connectivity index (χ0n) is 11.6. The van der Waals surface area contributed by atoms with Crippen molar-refractivity contribution in [2.75, 3.05) is 19.0 Å². The summed E-state index contributed by atoms with van der Waals surface area (Å²) in [6.07, 6.45) is 4.12. The van der Waals surface area contributed by atoms with E-state index >= 15 is 0 Å². The van der Waals surface area contributed by atoms with E-state index in [-0.39, 0.29) is 17.4 Å². The number of ether oxygens (including phenoxy) is 1. The molecule has 3 rings (SSSR count). The van der Waals surface area contributed by atoms with Gasteiger partial charge in [0.15, 0.2) is 5.69 Å². The largest absolute Gasteiger partial charge is 0.381 e. The molecule has 116 valence electrons. The molecule has 21 heavy (non-hydrogen) atoms. The van der Waals surface area contributed by atoms with Crippen LogP contribution in [0.25, 0.3) is 0 Å². The molecule has 0 spiro atoms. The minimum Gasteiger partial charge on any atom is -0.381 e. The molecule has 0 saturated carbocycles. The van der Waals surface area contributed by atoms with Gasteiger partial charge in [-0.15, -0.1) is 0 Å². The lowest BCUT2D eigenvalue weighted by atomic mass is 9.96. The molecule has 1 atom stereocenters. The zero-order valence-corrected chi connectivity index (χ0v) is 12.4. The van der Waals surface area contributed by atoms with Crippen molar-refractivity contribution in [1.82, 2.24) is 9.88 Å². The first kappa shape index (κ1) is 14.5. The first-order valence-electron chi connectivity index (χ1n) is 7.15. The monoisotopic (exact) mass is 314 g/mol. The number of aromatic nitrogens is 1. The van der Waals surface area contributed by atoms with E-state index in [1.165, 1.54) is 0 Å². The van der Waals surface area contributed by atoms with Crippen LogP contribution in [0.4, 0.5) is 0 Å². The number of sulfonamides is 1. The van der Waals surface area contributed by atoms with Crippen molar-refractivity contribution in [1.29, 1.82) is 0 Å². The van der Waals surface area contributed by atoms with Crippen molar-refractivity contribution < 1.29 is 22.5 Å². The molecule has 1 N–H and O–H groups in total. The molecule has 7 nitrogen and oxygen atoms in total. The average molecular weight is 314 g/mol. The quantitative estimate of drug-likeness (QED) is 0.876. The highest BCUT2D eigenvalue weighted by Gasteiger charge is 2.29. The highest BCUT2D eigenvalue weighted by molar-refractivity contribution is 7.90. The number of nitrogens with one attached hydrogen (secondary N) is 1. The molecule has 1 aromatic heterocycles. The molecule has 0 radical (unpaired) electrons. The fraction of sp³-hybridized carbons (Fsp3) is 0.692. The van der Waals surface area contributed by atoms with Crippen LogP contribution >= 0.6 is 0 Å². The first-order valence-corrected chi connectivity index (χ1v) is 8.80. The number of nitrogens with zero attached hydrogens (tertiary/aromatic N) is 1. The summed E-state index contributed by atoms with van der Waals surface area (Å²) in [5.41, 5.74) is 0.856. The van der Waals surface area contributed by atoms with E-state index in [0.29, 0.717) is 31.8 Å². The third-order valence-corrected chi connectivity index (χ3v) is 5.30. The van der Waals surface area contributed by atoms with Crippen molar-refractivity contribution >= 4 is 15.9 Å². The highest BCUT2D eigenvalue weighted by atomic mass is 32.2. The predicted molar refractivity (Wildman–Crippen MR) is 73.3 cm³/mol. The SMILES string of the molecule is O=C(NS(=O)(=O)C[C@@H]1CCOC1)c1noc2c1CCCC2. The number of hydrogen-bond acceptors (Lipinski definition) is 6. The molecule has 0 unspecified atom stereocenters. The second kappa shape index (κ2) is 5.76. The van der Waals surface area contributed by atoms with Crippen LogP contribution in [0, 0.1) is 5.92 Å². The van der Waals surface area contributed by atoms with Gasteiger partial charge in [-0.1, -0.05) is 5.16 Å². The van der Waals surface area contributed by atoms with Gasteiger partial charge in [-0.25, -0.2) is 13.1 Å². The number of fused-ring (bicyclic) bond motifs is 1. The summed E-state index contributed by atoms with van der Waals surface area (Å²) in [7, 11) is -3.68. The maximum atomic E-state index is 12.1. The topological polar surface area (TPSA) is 98.5 Å². The summed E-state index contributed by atoms with van der Waals surface area (Å²) in [5, 5.41) is 3.74. The molecule has 1 amide bonds. The summed E-state index contributed by atoms with van der Waals surface area (Å²) in [6.45, 7) is 0.999. The number of amides is 1. The van der Waals surface area contributed by atoms with Gasteiger partial charge in [-0.2, -0.15) is 0 Å². The van der Waals surface area contributed by atoms with Crippen molar-refractivity contribution in [3.63, 3.8) is 0 Å². The molecule has 0 bridgehead atoms. The van der Waals surface area contributed by atoms with Gasteiger partial charge in [0.25, 0.3) is 5.91 Å². The molecule has 2 aliphatic rings. The fourth-order valence-corrected chi connectivity index (χ4v) is 4.17. The summed E-state index contributed by atoms with van der Waals surface area (Å²) in [6, 6.07) is 0. The standard InChI is InChI=1S/C13H18N2O5S/c16-13(12-10-3-1-2-4-11(10)20-14-12)15-21(17,18)8-9-5-6-19-7-9/h9H,1-8H2,(H,15,16)/t9-/m1/s1. The zero-order chi connectivity index (χ0) is 14.9. The first-order chi connectivity index (χ1) is 10.1. The van der Waals surface area contributed by atoms with E-state index in [4.69, 9.17) is 9.26 Å². The van der Waals surface area contributed by atoms with Gasteiger partial charge in [-0.05, 0) is 25.7 Å². The Bertz CT molecular complexity index is 631. The van der Waals surface area contributed by atoms with Crippen LogP contribution in [0.3, 0.4) is 0 Å². The van der Waals surface area contributed by atoms with Crippen LogP contribution in [0.1, 0.15) is 41.1 Å². The number of aryl methyl sites for hydroxylation is 1. The second-order valence-corrected chi connectivity index (χ2v) is 7.35. The summed E-state index contributed by atoms with van der Waals surface area (Å²) in [5.74, 6) is -0.144. The number of rotatable bonds is 4. The minimum atomic E-state index is -3.68. The second-order valence-electron chi connectivity index (χ2n) is 5.58. The summed E-state index contributed by atoms with van der Waals surface area (Å²) < 4.78 is 36.4. The van der Waals surface area contributed by atoms with E-state index in [1.54, 1.807) is 0 Å². The molecule has 0 aromatic carbocycles. The lowest BCUT2D eigenvalue weighted by Gasteiger charge is -2.11. The number of carbonyl (C=O) groups is 1. The maximum absolute atomic E-state index is 12.1. The van der Waals surface area contributed by atoms with Gasteiger partial charge in [0.1, 0.15) is 5.76 Å². The van der Waals surface area contributed by atoms with Gasteiger partial charge in [0, 0.05) is 24.5 Å². The molecular weight excluding hydrogens is 296 g/mol. The average Bonchev–Trinajstić information content (AvgIpc) is 3.06. The number of carbonyl (C=O) groups excluding carboxylic acids is 1. The summed E-state index contributed by atoms with van der Waals surface area (Å²) in [4.78, 5) is 12.1. The van der Waals surface area contributed by atoms with Gasteiger partial charge < -0.3 is 9.26 Å². The van der Waals surface area contributed by atoms with Gasteiger partial charge in [0.2, 0.25) is 10.0 Å². The van der Waals surface area contributed by atoms with Crippen LogP contribution < -0.4 is 4.72 Å². The lowest BCUT2D eigenvalue weighted by molar-refractivity contribution is 0.0971. The molecule has 1 aliphatic heterocycles. The van der Waals surface area contributed by atoms with E-state index in [0.717, 1.165) is 24.8 Å². The van der Waals surface area contributed by atoms with E-state index in [2.05, 4.69) is 9.88 Å². The van der Waals surface area contributed by atoms with E-state index in [1.807, 2.05) is 0 Å². The van der Waals surface area contributed by atoms with Crippen molar-refractivity contribution in [2.24, 2.45) is 5.92 Å². The molecule has 1 aliphatic carbocycles. The summed E-state index contributed by atoms with van der Waals surface area (Å²) >= 11 is 0. The van der Waals surface area contributed by atoms with Crippen LogP contribution in [-0.4, -0.2) is 38.4 Å². The normalized spacial score (nSPS) is 22.0. The fourth-order valence-electron chi connectivity index (χ4n) is 2.82. The molecule has 1 aromatic rings. The molecular formula is C13H18N2O5S. The predicted octanol–water partition coefficient (Wildman–Crippen LogP) is 0.649. The van der Waals surface area contributed by atoms with Gasteiger partial charge >= 0.3 is 0 Å². The van der Waals surface area contributed by atoms with Crippen molar-refractivity contribution in [3.05, 3.63) is 17.0 Å². The Morgan fingerprint density at radius 3 is 2.90 bits per heavy atom. The van der Waals surface area contributed by atoms with Gasteiger partial charge in [-0.3, -0.25) is 4.79 Å². The Labute approximate surface area is 123 Å². The van der Waals surface area contributed by atoms with Crippen molar-refractivity contribution in [3.8, 4) is 0 Å². The maximum Gasteiger partial charge on any atom is 0.287 e. The van der Waals surface area contributed by atoms with Crippen LogP contribution in [0.5, 0.6) is 0 Å². The molecule has 1 saturated heterocycles. The third-order valence-electron chi connectivity index (χ3n) is 3.89. The Morgan fingerprint density at radius 1 is 1.33 bits per heavy atom. The molecule has 1 fully saturated rings. The highest BCUT2D eigenvalue weighted by Crippen LogP contribution is 2.24. The molecule has 8 heteroatoms. The smallest absolute Gasteiger partial charge is 0.287 e. The third kappa shape index (κ3) is 3.26. The Hall–Kier alpha value is -1.41. The lowest BCUT2D eigenvalue weighted by Crippen LogP contribution is -2.35. The molecule has 2 heterocycles. The van der Waals surface area contributed by atoms with Gasteiger partial charge in [0.05, 0.1) is 12.4 Å². The van der Waals surface area contributed by atoms with Crippen LogP contribution in [0.2, 0.25) is 0 Å². The van der Waals surface area contributed by atoms with E-state index < -0.39 is 15.9 Å². The minimum absolute atomic E-state index is 0.0541.